The number of ether oxygens (including phenoxy) is 1. The molecule has 0 aliphatic heterocycles. The van der Waals surface area contributed by atoms with Crippen molar-refractivity contribution in [1.82, 2.24) is 0 Å². The van der Waals surface area contributed by atoms with E-state index in [1.54, 1.807) is 0 Å². The van der Waals surface area contributed by atoms with E-state index >= 15 is 0 Å². The summed E-state index contributed by atoms with van der Waals surface area (Å²) >= 11 is 0. The Hall–Kier alpha value is -1.80. The first-order valence-electron chi connectivity index (χ1n) is 8.21. The minimum Gasteiger partial charge on any atom is -0.489 e. The predicted octanol–water partition coefficient (Wildman–Crippen LogP) is 4.80. The Labute approximate surface area is 133 Å². The molecule has 1 fully saturated rings. The Morgan fingerprint density at radius 2 is 1.82 bits per heavy atom. The molecular formula is C20H25NO. The maximum absolute atomic E-state index is 6.34. The second kappa shape index (κ2) is 6.53. The van der Waals surface area contributed by atoms with Gasteiger partial charge in [-0.2, -0.15) is 0 Å². The van der Waals surface area contributed by atoms with E-state index in [1.165, 1.54) is 29.5 Å². The van der Waals surface area contributed by atoms with Gasteiger partial charge in [-0.15, -0.1) is 0 Å². The van der Waals surface area contributed by atoms with E-state index in [0.717, 1.165) is 5.75 Å². The summed E-state index contributed by atoms with van der Waals surface area (Å²) in [6.07, 6.45) is 2.54. The number of hydrogen-bond donors (Lipinski definition) is 1. The van der Waals surface area contributed by atoms with Gasteiger partial charge in [-0.05, 0) is 47.4 Å². The molecule has 2 aromatic rings. The van der Waals surface area contributed by atoms with Crippen LogP contribution in [0.25, 0.3) is 0 Å². The van der Waals surface area contributed by atoms with Crippen LogP contribution in [0.4, 0.5) is 0 Å². The molecule has 0 amide bonds. The maximum atomic E-state index is 6.34. The molecule has 0 aromatic heterocycles. The number of benzene rings is 2. The van der Waals surface area contributed by atoms with Crippen molar-refractivity contribution in [3.63, 3.8) is 0 Å². The van der Waals surface area contributed by atoms with Crippen LogP contribution in [0.2, 0.25) is 0 Å². The lowest BCUT2D eigenvalue weighted by Crippen LogP contribution is -2.13. The van der Waals surface area contributed by atoms with E-state index in [0.29, 0.717) is 18.4 Å². The molecule has 22 heavy (non-hydrogen) atoms. The average molecular weight is 295 g/mol. The average Bonchev–Trinajstić information content (AvgIpc) is 3.38. The molecule has 0 radical (unpaired) electrons. The normalized spacial score (nSPS) is 15.8. The third-order valence-corrected chi connectivity index (χ3v) is 4.41. The number of hydrogen-bond acceptors (Lipinski definition) is 2. The van der Waals surface area contributed by atoms with E-state index in [-0.39, 0.29) is 6.04 Å². The van der Waals surface area contributed by atoms with Crippen LogP contribution < -0.4 is 10.5 Å². The van der Waals surface area contributed by atoms with Crippen LogP contribution >= 0.6 is 0 Å². The van der Waals surface area contributed by atoms with E-state index in [9.17, 15) is 0 Å². The minimum atomic E-state index is 0.181. The first kappa shape index (κ1) is 15.1. The van der Waals surface area contributed by atoms with Gasteiger partial charge in [0.2, 0.25) is 0 Å². The van der Waals surface area contributed by atoms with Crippen molar-refractivity contribution in [2.75, 3.05) is 0 Å². The Kier molecular flexibility index (Phi) is 4.49. The molecule has 1 saturated carbocycles. The molecule has 1 unspecified atom stereocenters. The van der Waals surface area contributed by atoms with Crippen molar-refractivity contribution in [1.29, 1.82) is 0 Å². The Bertz CT molecular complexity index is 617. The molecule has 2 N–H and O–H groups in total. The molecule has 2 nitrogen and oxygen atoms in total. The highest BCUT2D eigenvalue weighted by Gasteiger charge is 2.29. The van der Waals surface area contributed by atoms with Crippen LogP contribution in [-0.2, 0) is 6.61 Å². The zero-order valence-corrected chi connectivity index (χ0v) is 13.5. The van der Waals surface area contributed by atoms with Gasteiger partial charge >= 0.3 is 0 Å². The van der Waals surface area contributed by atoms with E-state index in [1.807, 2.05) is 18.2 Å². The topological polar surface area (TPSA) is 35.2 Å². The van der Waals surface area contributed by atoms with E-state index in [2.05, 4.69) is 44.2 Å². The smallest absolute Gasteiger partial charge is 0.123 e. The fourth-order valence-corrected chi connectivity index (χ4v) is 2.82. The molecule has 1 aliphatic rings. The van der Waals surface area contributed by atoms with E-state index < -0.39 is 0 Å². The van der Waals surface area contributed by atoms with Gasteiger partial charge in [-0.1, -0.05) is 56.3 Å². The quantitative estimate of drug-likeness (QED) is 0.831. The summed E-state index contributed by atoms with van der Waals surface area (Å²) in [4.78, 5) is 0. The van der Waals surface area contributed by atoms with Crippen molar-refractivity contribution in [2.24, 2.45) is 11.7 Å². The maximum Gasteiger partial charge on any atom is 0.123 e. The summed E-state index contributed by atoms with van der Waals surface area (Å²) in [6.45, 7) is 5.02. The first-order valence-corrected chi connectivity index (χ1v) is 8.21. The van der Waals surface area contributed by atoms with Crippen LogP contribution in [0.1, 0.15) is 55.3 Å². The van der Waals surface area contributed by atoms with E-state index in [4.69, 9.17) is 10.5 Å². The Balaban J connectivity index is 1.77. The van der Waals surface area contributed by atoms with Gasteiger partial charge < -0.3 is 10.5 Å². The lowest BCUT2D eigenvalue weighted by atomic mass is 9.95. The second-order valence-electron chi connectivity index (χ2n) is 6.59. The van der Waals surface area contributed by atoms with Crippen molar-refractivity contribution in [3.05, 3.63) is 65.2 Å². The molecule has 2 aromatic carbocycles. The summed E-state index contributed by atoms with van der Waals surface area (Å²) < 4.78 is 6.05. The summed E-state index contributed by atoms with van der Waals surface area (Å²) in [5.41, 5.74) is 10.0. The van der Waals surface area contributed by atoms with Crippen LogP contribution in [0.3, 0.4) is 0 Å². The third kappa shape index (κ3) is 3.50. The van der Waals surface area contributed by atoms with Crippen molar-refractivity contribution >= 4 is 0 Å². The summed E-state index contributed by atoms with van der Waals surface area (Å²) in [5, 5.41) is 0. The van der Waals surface area contributed by atoms with Gasteiger partial charge in [0.1, 0.15) is 12.4 Å². The van der Waals surface area contributed by atoms with Gasteiger partial charge in [-0.3, -0.25) is 0 Å². The predicted molar refractivity (Wildman–Crippen MR) is 91.0 cm³/mol. The summed E-state index contributed by atoms with van der Waals surface area (Å²) in [6, 6.07) is 16.9. The van der Waals surface area contributed by atoms with Gasteiger partial charge in [0.15, 0.2) is 0 Å². The zero-order valence-electron chi connectivity index (χ0n) is 13.5. The molecular weight excluding hydrogens is 270 g/mol. The summed E-state index contributed by atoms with van der Waals surface area (Å²) in [7, 11) is 0. The van der Waals surface area contributed by atoms with Crippen LogP contribution in [-0.4, -0.2) is 0 Å². The monoisotopic (exact) mass is 295 g/mol. The third-order valence-electron chi connectivity index (χ3n) is 4.41. The molecule has 0 heterocycles. The molecule has 0 saturated heterocycles. The molecule has 3 rings (SSSR count). The standard InChI is InChI=1S/C20H25NO/c1-14(2)18-12-17(20(21)16-8-9-16)10-11-19(18)22-13-15-6-4-3-5-7-15/h3-7,10-12,14,16,20H,8-9,13,21H2,1-2H3. The van der Waals surface area contributed by atoms with Crippen LogP contribution in [0, 0.1) is 5.92 Å². The molecule has 2 heteroatoms. The molecule has 1 aliphatic carbocycles. The highest BCUT2D eigenvalue weighted by Crippen LogP contribution is 2.41. The minimum absolute atomic E-state index is 0.181. The SMILES string of the molecule is CC(C)c1cc(C(N)C2CC2)ccc1OCc1ccccc1. The molecule has 0 bridgehead atoms. The van der Waals surface area contributed by atoms with Gasteiger partial charge in [0, 0.05) is 6.04 Å². The van der Waals surface area contributed by atoms with Gasteiger partial charge in [0.05, 0.1) is 0 Å². The molecule has 0 spiro atoms. The number of rotatable bonds is 6. The second-order valence-corrected chi connectivity index (χ2v) is 6.59. The lowest BCUT2D eigenvalue weighted by molar-refractivity contribution is 0.301. The first-order chi connectivity index (χ1) is 10.6. The van der Waals surface area contributed by atoms with Gasteiger partial charge in [-0.25, -0.2) is 0 Å². The largest absolute Gasteiger partial charge is 0.489 e. The van der Waals surface area contributed by atoms with Crippen molar-refractivity contribution in [2.45, 2.75) is 45.3 Å². The highest BCUT2D eigenvalue weighted by molar-refractivity contribution is 5.41. The lowest BCUT2D eigenvalue weighted by Gasteiger charge is -2.18. The highest BCUT2D eigenvalue weighted by atomic mass is 16.5. The van der Waals surface area contributed by atoms with Crippen LogP contribution in [0.5, 0.6) is 5.75 Å². The zero-order chi connectivity index (χ0) is 15.5. The summed E-state index contributed by atoms with van der Waals surface area (Å²) in [5.74, 6) is 2.08. The van der Waals surface area contributed by atoms with Crippen molar-refractivity contribution in [3.8, 4) is 5.75 Å². The fourth-order valence-electron chi connectivity index (χ4n) is 2.82. The fraction of sp³-hybridized carbons (Fsp3) is 0.400. The number of nitrogens with two attached hydrogens (primary N) is 1. The Morgan fingerprint density at radius 3 is 2.45 bits per heavy atom. The Morgan fingerprint density at radius 1 is 1.09 bits per heavy atom. The molecule has 116 valence electrons. The molecule has 1 atom stereocenters. The van der Waals surface area contributed by atoms with Crippen molar-refractivity contribution < 1.29 is 4.74 Å². The van der Waals surface area contributed by atoms with Crippen LogP contribution in [0.15, 0.2) is 48.5 Å². The van der Waals surface area contributed by atoms with Gasteiger partial charge in [0.25, 0.3) is 0 Å².